The van der Waals surface area contributed by atoms with E-state index in [-0.39, 0.29) is 5.54 Å². The normalized spacial score (nSPS) is 20.2. The molecule has 0 amide bonds. The summed E-state index contributed by atoms with van der Waals surface area (Å²) in [7, 11) is 0. The summed E-state index contributed by atoms with van der Waals surface area (Å²) >= 11 is 0. The van der Waals surface area contributed by atoms with E-state index in [1.165, 1.54) is 12.8 Å². The highest BCUT2D eigenvalue weighted by atomic mass is 16.5. The summed E-state index contributed by atoms with van der Waals surface area (Å²) < 4.78 is 11.2. The van der Waals surface area contributed by atoms with Crippen LogP contribution in [-0.4, -0.2) is 85.3 Å². The van der Waals surface area contributed by atoms with Crippen molar-refractivity contribution in [1.82, 2.24) is 25.4 Å². The van der Waals surface area contributed by atoms with Crippen LogP contribution in [-0.2, 0) is 11.3 Å². The molecule has 0 radical (unpaired) electrons. The second-order valence-electron chi connectivity index (χ2n) is 9.46. The molecule has 0 aliphatic carbocycles. The number of nitrogens with one attached hydrogen (secondary N) is 2. The molecular formula is C23H42N6O2. The molecule has 3 heterocycles. The van der Waals surface area contributed by atoms with Crippen LogP contribution in [0.5, 0.6) is 0 Å². The van der Waals surface area contributed by atoms with Crippen molar-refractivity contribution in [2.75, 3.05) is 59.0 Å². The van der Waals surface area contributed by atoms with E-state index in [1.54, 1.807) is 0 Å². The van der Waals surface area contributed by atoms with E-state index >= 15 is 0 Å². The van der Waals surface area contributed by atoms with E-state index in [1.807, 2.05) is 13.8 Å². The van der Waals surface area contributed by atoms with Crippen molar-refractivity contribution in [1.29, 1.82) is 0 Å². The lowest BCUT2D eigenvalue weighted by Gasteiger charge is -2.40. The topological polar surface area (TPSA) is 78.2 Å². The van der Waals surface area contributed by atoms with E-state index in [4.69, 9.17) is 14.1 Å². The monoisotopic (exact) mass is 434 g/mol. The highest BCUT2D eigenvalue weighted by Crippen LogP contribution is 2.20. The number of aromatic nitrogens is 1. The summed E-state index contributed by atoms with van der Waals surface area (Å²) in [6, 6.07) is 0. The van der Waals surface area contributed by atoms with E-state index in [9.17, 15) is 0 Å². The summed E-state index contributed by atoms with van der Waals surface area (Å²) in [6.45, 7) is 19.9. The van der Waals surface area contributed by atoms with Crippen molar-refractivity contribution >= 4 is 5.96 Å². The van der Waals surface area contributed by atoms with Gasteiger partial charge in [-0.15, -0.1) is 0 Å². The van der Waals surface area contributed by atoms with Crippen LogP contribution in [0.3, 0.4) is 0 Å². The molecule has 2 saturated heterocycles. The minimum Gasteiger partial charge on any atom is -0.444 e. The van der Waals surface area contributed by atoms with E-state index < -0.39 is 0 Å². The lowest BCUT2D eigenvalue weighted by atomic mass is 9.97. The SMILES string of the molecule is CCNC(=NCC(C)(C)N1CCOCC1)NCC1CCN(Cc2nc(C)c(C)o2)CC1. The summed E-state index contributed by atoms with van der Waals surface area (Å²) in [5.41, 5.74) is 1.04. The van der Waals surface area contributed by atoms with Crippen LogP contribution in [0, 0.1) is 19.8 Å². The number of piperidine rings is 1. The van der Waals surface area contributed by atoms with Gasteiger partial charge >= 0.3 is 0 Å². The number of aliphatic imine (C=N–C) groups is 1. The fourth-order valence-electron chi connectivity index (χ4n) is 4.27. The lowest BCUT2D eigenvalue weighted by molar-refractivity contribution is -0.00684. The zero-order chi connectivity index (χ0) is 22.3. The van der Waals surface area contributed by atoms with Gasteiger partial charge in [0.1, 0.15) is 5.76 Å². The van der Waals surface area contributed by atoms with Crippen LogP contribution in [0.4, 0.5) is 0 Å². The Morgan fingerprint density at radius 3 is 2.45 bits per heavy atom. The number of hydrogen-bond acceptors (Lipinski definition) is 6. The van der Waals surface area contributed by atoms with Crippen molar-refractivity contribution in [3.63, 3.8) is 0 Å². The van der Waals surface area contributed by atoms with Crippen molar-refractivity contribution in [3.8, 4) is 0 Å². The smallest absolute Gasteiger partial charge is 0.208 e. The van der Waals surface area contributed by atoms with Gasteiger partial charge in [-0.25, -0.2) is 4.98 Å². The minimum atomic E-state index is 0.0358. The fraction of sp³-hybridized carbons (Fsp3) is 0.826. The van der Waals surface area contributed by atoms with Crippen molar-refractivity contribution in [2.45, 2.75) is 59.5 Å². The summed E-state index contributed by atoms with van der Waals surface area (Å²) in [4.78, 5) is 14.4. The number of likely N-dealkylation sites (tertiary alicyclic amines) is 1. The zero-order valence-corrected chi connectivity index (χ0v) is 20.2. The Hall–Kier alpha value is -1.64. The van der Waals surface area contributed by atoms with Gasteiger partial charge in [-0.1, -0.05) is 0 Å². The van der Waals surface area contributed by atoms with Gasteiger partial charge in [-0.3, -0.25) is 14.8 Å². The second kappa shape index (κ2) is 11.3. The third kappa shape index (κ3) is 7.19. The maximum Gasteiger partial charge on any atom is 0.208 e. The molecule has 8 nitrogen and oxygen atoms in total. The molecule has 2 aliphatic rings. The van der Waals surface area contributed by atoms with Gasteiger partial charge in [0, 0.05) is 31.7 Å². The molecule has 8 heteroatoms. The van der Waals surface area contributed by atoms with Crippen molar-refractivity contribution in [2.24, 2.45) is 10.9 Å². The standard InChI is InChI=1S/C23H42N6O2/c1-6-24-22(26-17-23(4,5)29-11-13-30-14-12-29)25-15-20-7-9-28(10-8-20)16-21-27-18(2)19(3)31-21/h20H,6-17H2,1-5H3,(H2,24,25,26). The molecule has 0 spiro atoms. The third-order valence-corrected chi connectivity index (χ3v) is 6.53. The fourth-order valence-corrected chi connectivity index (χ4v) is 4.27. The van der Waals surface area contributed by atoms with Crippen LogP contribution in [0.25, 0.3) is 0 Å². The number of guanidine groups is 1. The maximum atomic E-state index is 5.75. The number of oxazole rings is 1. The predicted molar refractivity (Wildman–Crippen MR) is 124 cm³/mol. The first-order valence-corrected chi connectivity index (χ1v) is 11.9. The molecule has 2 N–H and O–H groups in total. The Bertz CT molecular complexity index is 683. The molecule has 1 aromatic heterocycles. The molecule has 0 saturated carbocycles. The Labute approximate surface area is 187 Å². The molecule has 176 valence electrons. The molecule has 3 rings (SSSR count). The summed E-state index contributed by atoms with van der Waals surface area (Å²) in [5, 5.41) is 7.00. The number of morpholine rings is 1. The molecule has 0 bridgehead atoms. The zero-order valence-electron chi connectivity index (χ0n) is 20.2. The molecule has 31 heavy (non-hydrogen) atoms. The Morgan fingerprint density at radius 2 is 1.84 bits per heavy atom. The second-order valence-corrected chi connectivity index (χ2v) is 9.46. The first-order chi connectivity index (χ1) is 14.9. The van der Waals surface area contributed by atoms with E-state index in [0.29, 0.717) is 5.92 Å². The molecule has 0 aromatic carbocycles. The maximum absolute atomic E-state index is 5.75. The highest BCUT2D eigenvalue weighted by molar-refractivity contribution is 5.79. The van der Waals surface area contributed by atoms with Gasteiger partial charge in [-0.2, -0.15) is 0 Å². The third-order valence-electron chi connectivity index (χ3n) is 6.53. The summed E-state index contributed by atoms with van der Waals surface area (Å²) in [6.07, 6.45) is 2.37. The summed E-state index contributed by atoms with van der Waals surface area (Å²) in [5.74, 6) is 3.37. The Kier molecular flexibility index (Phi) is 8.75. The van der Waals surface area contributed by atoms with E-state index in [2.05, 4.69) is 46.2 Å². The number of nitrogens with zero attached hydrogens (tertiary/aromatic N) is 4. The first-order valence-electron chi connectivity index (χ1n) is 11.9. The van der Waals surface area contributed by atoms with Gasteiger partial charge in [-0.05, 0) is 66.5 Å². The van der Waals surface area contributed by atoms with Crippen molar-refractivity contribution in [3.05, 3.63) is 17.3 Å². The number of aryl methyl sites for hydroxylation is 2. The van der Waals surface area contributed by atoms with Gasteiger partial charge < -0.3 is 19.8 Å². The van der Waals surface area contributed by atoms with Gasteiger partial charge in [0.15, 0.2) is 5.96 Å². The van der Waals surface area contributed by atoms with Crippen molar-refractivity contribution < 1.29 is 9.15 Å². The number of hydrogen-bond donors (Lipinski definition) is 2. The van der Waals surface area contributed by atoms with Crippen LogP contribution < -0.4 is 10.6 Å². The first kappa shape index (κ1) is 24.0. The average Bonchev–Trinajstić information content (AvgIpc) is 3.08. The van der Waals surface area contributed by atoms with Crippen LogP contribution in [0.2, 0.25) is 0 Å². The lowest BCUT2D eigenvalue weighted by Crippen LogP contribution is -2.52. The molecule has 0 unspecified atom stereocenters. The molecule has 1 aromatic rings. The molecule has 2 aliphatic heterocycles. The van der Waals surface area contributed by atoms with Crippen LogP contribution in [0.1, 0.15) is 51.0 Å². The van der Waals surface area contributed by atoms with Gasteiger partial charge in [0.25, 0.3) is 0 Å². The average molecular weight is 435 g/mol. The van der Waals surface area contributed by atoms with Crippen LogP contribution in [0.15, 0.2) is 9.41 Å². The number of rotatable bonds is 8. The Morgan fingerprint density at radius 1 is 1.13 bits per heavy atom. The minimum absolute atomic E-state index is 0.0358. The van der Waals surface area contributed by atoms with Gasteiger partial charge in [0.2, 0.25) is 5.89 Å². The van der Waals surface area contributed by atoms with Gasteiger partial charge in [0.05, 0.1) is 32.0 Å². The van der Waals surface area contributed by atoms with E-state index in [0.717, 1.165) is 88.9 Å². The predicted octanol–water partition coefficient (Wildman–Crippen LogP) is 2.17. The van der Waals surface area contributed by atoms with Crippen LogP contribution >= 0.6 is 0 Å². The number of ether oxygens (including phenoxy) is 1. The highest BCUT2D eigenvalue weighted by Gasteiger charge is 2.28. The molecular weight excluding hydrogens is 392 g/mol. The quantitative estimate of drug-likeness (QED) is 0.480. The molecule has 2 fully saturated rings. The largest absolute Gasteiger partial charge is 0.444 e. The Balaban J connectivity index is 1.43. The molecule has 0 atom stereocenters.